The van der Waals surface area contributed by atoms with Crippen LogP contribution in [0.1, 0.15) is 42.2 Å². The lowest BCUT2D eigenvalue weighted by atomic mass is 10.1. The first-order valence-electron chi connectivity index (χ1n) is 7.86. The largest absolute Gasteiger partial charge is 0.480 e. The number of nitrogens with one attached hydrogen (secondary N) is 1. The number of amides is 1. The smallest absolute Gasteiger partial charge is 0.418 e. The summed E-state index contributed by atoms with van der Waals surface area (Å²) in [6, 6.07) is 3.62. The van der Waals surface area contributed by atoms with Crippen molar-refractivity contribution in [3.63, 3.8) is 0 Å². The molecule has 2 rings (SSSR count). The molecule has 2 N–H and O–H groups in total. The number of aromatic nitrogens is 3. The molecule has 0 aliphatic carbocycles. The molecule has 0 saturated heterocycles. The van der Waals surface area contributed by atoms with Gasteiger partial charge in [-0.3, -0.25) is 4.79 Å². The average Bonchev–Trinajstić information content (AvgIpc) is 3.07. The summed E-state index contributed by atoms with van der Waals surface area (Å²) in [5, 5.41) is 18.5. The standard InChI is InChI=1S/C16H17F3N4O3/c1-2-3-7-11(15(25)26)20-14(24)12-9-23(22-21-12)13-8-5-4-6-10(13)16(17,18)19/h4-6,8-9,11H,2-3,7H2,1H3,(H,20,24)(H,25,26)/t11-/m0/s1. The molecule has 1 aromatic heterocycles. The average molecular weight is 370 g/mol. The minimum Gasteiger partial charge on any atom is -0.480 e. The van der Waals surface area contributed by atoms with Gasteiger partial charge in [-0.2, -0.15) is 13.2 Å². The van der Waals surface area contributed by atoms with E-state index in [1.807, 2.05) is 6.92 Å². The van der Waals surface area contributed by atoms with Crippen molar-refractivity contribution in [2.24, 2.45) is 0 Å². The molecular weight excluding hydrogens is 353 g/mol. The van der Waals surface area contributed by atoms with E-state index in [1.54, 1.807) is 0 Å². The summed E-state index contributed by atoms with van der Waals surface area (Å²) in [7, 11) is 0. The Morgan fingerprint density at radius 3 is 2.62 bits per heavy atom. The van der Waals surface area contributed by atoms with Crippen LogP contribution in [-0.4, -0.2) is 38.0 Å². The predicted octanol–water partition coefficient (Wildman–Crippen LogP) is 2.66. The minimum absolute atomic E-state index is 0.239. The number of carbonyl (C=O) groups is 2. The van der Waals surface area contributed by atoms with Gasteiger partial charge in [0.25, 0.3) is 5.91 Å². The fraction of sp³-hybridized carbons (Fsp3) is 0.375. The van der Waals surface area contributed by atoms with Crippen LogP contribution < -0.4 is 5.32 Å². The van der Waals surface area contributed by atoms with Gasteiger partial charge in [-0.1, -0.05) is 37.1 Å². The number of benzene rings is 1. The van der Waals surface area contributed by atoms with E-state index in [4.69, 9.17) is 5.11 Å². The number of carboxylic acid groups (broad SMARTS) is 1. The van der Waals surface area contributed by atoms with Crippen molar-refractivity contribution in [2.45, 2.75) is 38.4 Å². The predicted molar refractivity (Wildman–Crippen MR) is 84.8 cm³/mol. The minimum atomic E-state index is -4.60. The maximum atomic E-state index is 13.1. The maximum Gasteiger partial charge on any atom is 0.418 e. The van der Waals surface area contributed by atoms with Crippen molar-refractivity contribution in [3.05, 3.63) is 41.7 Å². The van der Waals surface area contributed by atoms with Gasteiger partial charge in [0.05, 0.1) is 17.4 Å². The Balaban J connectivity index is 2.22. The third-order valence-corrected chi connectivity index (χ3v) is 3.63. The van der Waals surface area contributed by atoms with Crippen LogP contribution in [-0.2, 0) is 11.0 Å². The Morgan fingerprint density at radius 2 is 2.00 bits per heavy atom. The zero-order chi connectivity index (χ0) is 19.3. The van der Waals surface area contributed by atoms with Gasteiger partial charge in [0.15, 0.2) is 5.69 Å². The molecule has 10 heteroatoms. The molecule has 0 saturated carbocycles. The number of hydrogen-bond acceptors (Lipinski definition) is 4. The van der Waals surface area contributed by atoms with Crippen LogP contribution in [0.25, 0.3) is 5.69 Å². The van der Waals surface area contributed by atoms with Gasteiger partial charge in [0.1, 0.15) is 6.04 Å². The van der Waals surface area contributed by atoms with Crippen molar-refractivity contribution in [1.29, 1.82) is 0 Å². The van der Waals surface area contributed by atoms with E-state index in [2.05, 4.69) is 15.6 Å². The molecule has 1 heterocycles. The summed E-state index contributed by atoms with van der Waals surface area (Å²) in [5.74, 6) is -2.01. The van der Waals surface area contributed by atoms with Crippen LogP contribution in [0, 0.1) is 0 Å². The van der Waals surface area contributed by atoms with Crippen molar-refractivity contribution in [1.82, 2.24) is 20.3 Å². The second-order valence-electron chi connectivity index (χ2n) is 5.57. The molecule has 0 aliphatic rings. The lowest BCUT2D eigenvalue weighted by molar-refractivity contribution is -0.139. The maximum absolute atomic E-state index is 13.1. The van der Waals surface area contributed by atoms with Crippen LogP contribution in [0.5, 0.6) is 0 Å². The molecule has 2 aromatic rings. The Bertz CT molecular complexity index is 789. The number of carboxylic acids is 1. The van der Waals surface area contributed by atoms with E-state index in [1.165, 1.54) is 18.2 Å². The Labute approximate surface area is 146 Å². The van der Waals surface area contributed by atoms with Crippen LogP contribution in [0.2, 0.25) is 0 Å². The molecule has 0 fully saturated rings. The Morgan fingerprint density at radius 1 is 1.31 bits per heavy atom. The molecule has 0 aliphatic heterocycles. The molecule has 1 amide bonds. The van der Waals surface area contributed by atoms with E-state index < -0.39 is 29.7 Å². The van der Waals surface area contributed by atoms with E-state index in [0.29, 0.717) is 6.42 Å². The second-order valence-corrected chi connectivity index (χ2v) is 5.57. The van der Waals surface area contributed by atoms with Gasteiger partial charge in [0.2, 0.25) is 0 Å². The topological polar surface area (TPSA) is 97.1 Å². The highest BCUT2D eigenvalue weighted by molar-refractivity contribution is 5.94. The first kappa shape index (κ1) is 19.4. The summed E-state index contributed by atoms with van der Waals surface area (Å²) in [6.07, 6.45) is -1.98. The van der Waals surface area contributed by atoms with Gasteiger partial charge >= 0.3 is 12.1 Å². The molecule has 0 unspecified atom stereocenters. The molecule has 1 atom stereocenters. The summed E-state index contributed by atoms with van der Waals surface area (Å²) < 4.78 is 40.1. The van der Waals surface area contributed by atoms with Crippen molar-refractivity contribution < 1.29 is 27.9 Å². The zero-order valence-corrected chi connectivity index (χ0v) is 13.8. The van der Waals surface area contributed by atoms with Crippen LogP contribution in [0.3, 0.4) is 0 Å². The number of unbranched alkanes of at least 4 members (excludes halogenated alkanes) is 1. The highest BCUT2D eigenvalue weighted by atomic mass is 19.4. The van der Waals surface area contributed by atoms with E-state index >= 15 is 0 Å². The molecular formula is C16H17F3N4O3. The normalized spacial score (nSPS) is 12.6. The van der Waals surface area contributed by atoms with Crippen molar-refractivity contribution in [2.75, 3.05) is 0 Å². The first-order chi connectivity index (χ1) is 12.2. The highest BCUT2D eigenvalue weighted by Crippen LogP contribution is 2.33. The lowest BCUT2D eigenvalue weighted by Crippen LogP contribution is -2.40. The number of hydrogen-bond donors (Lipinski definition) is 2. The second kappa shape index (κ2) is 7.98. The summed E-state index contributed by atoms with van der Waals surface area (Å²) >= 11 is 0. The fourth-order valence-electron chi connectivity index (χ4n) is 2.30. The number of aliphatic carboxylic acids is 1. The number of rotatable bonds is 7. The van der Waals surface area contributed by atoms with Gasteiger partial charge in [-0.15, -0.1) is 5.10 Å². The molecule has 0 bridgehead atoms. The van der Waals surface area contributed by atoms with E-state index in [0.717, 1.165) is 23.4 Å². The Kier molecular flexibility index (Phi) is 5.96. The third-order valence-electron chi connectivity index (χ3n) is 3.63. The summed E-state index contributed by atoms with van der Waals surface area (Å²) in [6.45, 7) is 1.88. The Hall–Kier alpha value is -2.91. The number of carbonyl (C=O) groups excluding carboxylic acids is 1. The van der Waals surface area contributed by atoms with Gasteiger partial charge in [-0.25, -0.2) is 9.48 Å². The molecule has 140 valence electrons. The summed E-state index contributed by atoms with van der Waals surface area (Å²) in [4.78, 5) is 23.3. The van der Waals surface area contributed by atoms with E-state index in [-0.39, 0.29) is 17.8 Å². The van der Waals surface area contributed by atoms with Gasteiger partial charge < -0.3 is 10.4 Å². The van der Waals surface area contributed by atoms with Gasteiger partial charge in [-0.05, 0) is 18.6 Å². The van der Waals surface area contributed by atoms with Crippen LogP contribution in [0.4, 0.5) is 13.2 Å². The number of nitrogens with zero attached hydrogens (tertiary/aromatic N) is 3. The number of alkyl halides is 3. The summed E-state index contributed by atoms with van der Waals surface area (Å²) in [5.41, 5.74) is -1.49. The van der Waals surface area contributed by atoms with Crippen molar-refractivity contribution in [3.8, 4) is 5.69 Å². The SMILES string of the molecule is CCCC[C@H](NC(=O)c1cn(-c2ccccc2C(F)(F)F)nn1)C(=O)O. The number of para-hydroxylation sites is 1. The molecule has 0 spiro atoms. The molecule has 1 aromatic carbocycles. The van der Waals surface area contributed by atoms with Crippen LogP contribution in [0.15, 0.2) is 30.5 Å². The molecule has 7 nitrogen and oxygen atoms in total. The quantitative estimate of drug-likeness (QED) is 0.781. The lowest BCUT2D eigenvalue weighted by Gasteiger charge is -2.13. The third kappa shape index (κ3) is 4.58. The van der Waals surface area contributed by atoms with Crippen LogP contribution >= 0.6 is 0 Å². The fourth-order valence-corrected chi connectivity index (χ4v) is 2.30. The monoisotopic (exact) mass is 370 g/mol. The zero-order valence-electron chi connectivity index (χ0n) is 13.8. The first-order valence-corrected chi connectivity index (χ1v) is 7.86. The van der Waals surface area contributed by atoms with Crippen molar-refractivity contribution >= 4 is 11.9 Å². The van der Waals surface area contributed by atoms with Gasteiger partial charge in [0, 0.05) is 0 Å². The highest BCUT2D eigenvalue weighted by Gasteiger charge is 2.34. The van der Waals surface area contributed by atoms with E-state index in [9.17, 15) is 22.8 Å². The number of halogens is 3. The molecule has 0 radical (unpaired) electrons. The molecule has 26 heavy (non-hydrogen) atoms.